The van der Waals surface area contributed by atoms with Gasteiger partial charge < -0.3 is 9.15 Å². The maximum absolute atomic E-state index is 5.50. The van der Waals surface area contributed by atoms with Crippen LogP contribution in [0.3, 0.4) is 0 Å². The summed E-state index contributed by atoms with van der Waals surface area (Å²) < 4.78 is 10.6. The second kappa shape index (κ2) is 5.57. The summed E-state index contributed by atoms with van der Waals surface area (Å²) in [6.45, 7) is 0. The minimum atomic E-state index is 0.581. The number of rotatable bonds is 4. The molecule has 0 amide bonds. The Morgan fingerprint density at radius 1 is 1.05 bits per heavy atom. The Hall–Kier alpha value is -2.62. The van der Waals surface area contributed by atoms with E-state index in [0.717, 1.165) is 23.4 Å². The number of methoxy groups -OCH3 is 1. The molecule has 0 aliphatic carbocycles. The molecule has 3 aromatic rings. The Morgan fingerprint density at radius 2 is 1.90 bits per heavy atom. The fraction of sp³-hybridized carbons (Fsp3) is 0.125. The van der Waals surface area contributed by atoms with Crippen molar-refractivity contribution in [1.29, 1.82) is 0 Å². The second-order valence-corrected chi connectivity index (χ2v) is 4.38. The third-order valence-electron chi connectivity index (χ3n) is 3.06. The van der Waals surface area contributed by atoms with Crippen LogP contribution in [0, 0.1) is 0 Å². The van der Waals surface area contributed by atoms with Crippen molar-refractivity contribution in [1.82, 2.24) is 9.97 Å². The van der Waals surface area contributed by atoms with Crippen LogP contribution in [0.2, 0.25) is 0 Å². The highest BCUT2D eigenvalue weighted by Gasteiger charge is 2.11. The van der Waals surface area contributed by atoms with E-state index in [-0.39, 0.29) is 0 Å². The first kappa shape index (κ1) is 12.4. The number of aromatic nitrogens is 2. The molecule has 0 unspecified atom stereocenters. The van der Waals surface area contributed by atoms with Crippen LogP contribution < -0.4 is 4.74 Å². The Kier molecular flexibility index (Phi) is 3.46. The van der Waals surface area contributed by atoms with Crippen molar-refractivity contribution in [2.75, 3.05) is 7.11 Å². The highest BCUT2D eigenvalue weighted by molar-refractivity contribution is 5.59. The molecule has 0 aliphatic rings. The zero-order chi connectivity index (χ0) is 13.8. The Labute approximate surface area is 117 Å². The summed E-state index contributed by atoms with van der Waals surface area (Å²) in [5.74, 6) is 1.34. The number of pyridine rings is 1. The molecular formula is C16H14N2O2. The number of hydrogen-bond donors (Lipinski definition) is 0. The van der Waals surface area contributed by atoms with Gasteiger partial charge in [-0.25, -0.2) is 9.97 Å². The summed E-state index contributed by atoms with van der Waals surface area (Å²) in [6.07, 6.45) is 3.93. The smallest absolute Gasteiger partial charge is 0.212 e. The zero-order valence-electron chi connectivity index (χ0n) is 11.1. The first-order valence-electron chi connectivity index (χ1n) is 6.33. The van der Waals surface area contributed by atoms with E-state index in [1.54, 1.807) is 13.3 Å². The van der Waals surface area contributed by atoms with Gasteiger partial charge in [-0.3, -0.25) is 0 Å². The van der Waals surface area contributed by atoms with Gasteiger partial charge in [-0.05, 0) is 11.6 Å². The molecule has 4 nitrogen and oxygen atoms in total. The third kappa shape index (κ3) is 2.54. The lowest BCUT2D eigenvalue weighted by atomic mass is 10.1. The van der Waals surface area contributed by atoms with E-state index in [0.29, 0.717) is 5.88 Å². The van der Waals surface area contributed by atoms with Crippen LogP contribution >= 0.6 is 0 Å². The number of benzene rings is 1. The quantitative estimate of drug-likeness (QED) is 0.726. The molecule has 4 heteroatoms. The van der Waals surface area contributed by atoms with E-state index in [2.05, 4.69) is 22.1 Å². The molecule has 0 saturated carbocycles. The molecule has 0 fully saturated rings. The lowest BCUT2D eigenvalue weighted by Gasteiger charge is -2.03. The fourth-order valence-corrected chi connectivity index (χ4v) is 2.05. The van der Waals surface area contributed by atoms with E-state index in [4.69, 9.17) is 9.15 Å². The topological polar surface area (TPSA) is 48.2 Å². The van der Waals surface area contributed by atoms with Crippen LogP contribution in [0.15, 0.2) is 59.5 Å². The predicted molar refractivity (Wildman–Crippen MR) is 75.5 cm³/mol. The monoisotopic (exact) mass is 266 g/mol. The summed E-state index contributed by atoms with van der Waals surface area (Å²) in [4.78, 5) is 8.50. The van der Waals surface area contributed by atoms with Crippen molar-refractivity contribution in [3.63, 3.8) is 0 Å². The maximum Gasteiger partial charge on any atom is 0.212 e. The highest BCUT2D eigenvalue weighted by Crippen LogP contribution is 2.25. The minimum Gasteiger partial charge on any atom is -0.481 e. The van der Waals surface area contributed by atoms with Gasteiger partial charge in [-0.1, -0.05) is 30.3 Å². The van der Waals surface area contributed by atoms with Crippen LogP contribution in [0.4, 0.5) is 0 Å². The first-order chi connectivity index (χ1) is 9.86. The van der Waals surface area contributed by atoms with Gasteiger partial charge in [-0.15, -0.1) is 0 Å². The van der Waals surface area contributed by atoms with E-state index in [1.807, 2.05) is 30.3 Å². The molecule has 0 bridgehead atoms. The van der Waals surface area contributed by atoms with E-state index in [9.17, 15) is 0 Å². The van der Waals surface area contributed by atoms with Gasteiger partial charge >= 0.3 is 0 Å². The Balaban J connectivity index is 1.89. The van der Waals surface area contributed by atoms with Gasteiger partial charge in [0.25, 0.3) is 0 Å². The molecule has 0 N–H and O–H groups in total. The molecule has 2 aromatic heterocycles. The molecule has 1 aromatic carbocycles. The Bertz CT molecular complexity index is 675. The summed E-state index contributed by atoms with van der Waals surface area (Å²) >= 11 is 0. The van der Waals surface area contributed by atoms with Crippen molar-refractivity contribution >= 4 is 0 Å². The van der Waals surface area contributed by atoms with Crippen molar-refractivity contribution in [3.05, 3.63) is 66.3 Å². The lowest BCUT2D eigenvalue weighted by Crippen LogP contribution is -1.92. The van der Waals surface area contributed by atoms with E-state index >= 15 is 0 Å². The van der Waals surface area contributed by atoms with Gasteiger partial charge in [-0.2, -0.15) is 0 Å². The van der Waals surface area contributed by atoms with E-state index < -0.39 is 0 Å². The number of nitrogens with zero attached hydrogens (tertiary/aromatic N) is 2. The normalized spacial score (nSPS) is 10.4. The average Bonchev–Trinajstić information content (AvgIpc) is 2.96. The second-order valence-electron chi connectivity index (χ2n) is 4.38. The SMILES string of the molecule is COc1ccc(-c2ocnc2Cc2ccccc2)cn1. The zero-order valence-corrected chi connectivity index (χ0v) is 11.1. The molecule has 3 rings (SSSR count). The van der Waals surface area contributed by atoms with Crippen LogP contribution in [0.5, 0.6) is 5.88 Å². The van der Waals surface area contributed by atoms with Gasteiger partial charge in [0.15, 0.2) is 12.2 Å². The molecule has 100 valence electrons. The van der Waals surface area contributed by atoms with Crippen molar-refractivity contribution < 1.29 is 9.15 Å². The number of oxazole rings is 1. The van der Waals surface area contributed by atoms with Gasteiger partial charge in [0.1, 0.15) is 0 Å². The average molecular weight is 266 g/mol. The molecule has 2 heterocycles. The summed E-state index contributed by atoms with van der Waals surface area (Å²) in [6, 6.07) is 13.9. The molecule has 0 saturated heterocycles. The fourth-order valence-electron chi connectivity index (χ4n) is 2.05. The summed E-state index contributed by atoms with van der Waals surface area (Å²) in [5, 5.41) is 0. The summed E-state index contributed by atoms with van der Waals surface area (Å²) in [5.41, 5.74) is 3.00. The van der Waals surface area contributed by atoms with Crippen molar-refractivity contribution in [2.24, 2.45) is 0 Å². The van der Waals surface area contributed by atoms with Crippen LogP contribution in [-0.4, -0.2) is 17.1 Å². The summed E-state index contributed by atoms with van der Waals surface area (Å²) in [7, 11) is 1.59. The number of hydrogen-bond acceptors (Lipinski definition) is 4. The first-order valence-corrected chi connectivity index (χ1v) is 6.33. The third-order valence-corrected chi connectivity index (χ3v) is 3.06. The van der Waals surface area contributed by atoms with Crippen LogP contribution in [-0.2, 0) is 6.42 Å². The van der Waals surface area contributed by atoms with Gasteiger partial charge in [0.2, 0.25) is 5.88 Å². The van der Waals surface area contributed by atoms with Gasteiger partial charge in [0, 0.05) is 24.2 Å². The lowest BCUT2D eigenvalue weighted by molar-refractivity contribution is 0.398. The number of ether oxygens (including phenoxy) is 1. The molecule has 0 atom stereocenters. The van der Waals surface area contributed by atoms with Crippen molar-refractivity contribution in [3.8, 4) is 17.2 Å². The Morgan fingerprint density at radius 3 is 2.60 bits per heavy atom. The van der Waals surface area contributed by atoms with Gasteiger partial charge in [0.05, 0.1) is 12.8 Å². The van der Waals surface area contributed by atoms with Crippen molar-refractivity contribution in [2.45, 2.75) is 6.42 Å². The maximum atomic E-state index is 5.50. The van der Waals surface area contributed by atoms with Crippen LogP contribution in [0.25, 0.3) is 11.3 Å². The minimum absolute atomic E-state index is 0.581. The standard InChI is InChI=1S/C16H14N2O2/c1-19-15-8-7-13(10-17-15)16-14(18-11-20-16)9-12-5-3-2-4-6-12/h2-8,10-11H,9H2,1H3. The predicted octanol–water partition coefficient (Wildman–Crippen LogP) is 3.34. The van der Waals surface area contributed by atoms with Crippen LogP contribution in [0.1, 0.15) is 11.3 Å². The van der Waals surface area contributed by atoms with E-state index in [1.165, 1.54) is 12.0 Å². The molecule has 0 spiro atoms. The highest BCUT2D eigenvalue weighted by atomic mass is 16.5. The molecular weight excluding hydrogens is 252 g/mol. The molecule has 20 heavy (non-hydrogen) atoms. The molecule has 0 radical (unpaired) electrons. The molecule has 0 aliphatic heterocycles. The largest absolute Gasteiger partial charge is 0.481 e.